The van der Waals surface area contributed by atoms with Crippen LogP contribution in [0.4, 0.5) is 0 Å². The van der Waals surface area contributed by atoms with Crippen molar-refractivity contribution in [3.63, 3.8) is 0 Å². The average molecular weight is 377 g/mol. The summed E-state index contributed by atoms with van der Waals surface area (Å²) in [5.41, 5.74) is 0.265. The minimum atomic E-state index is 0. The molecular weight excluding hydrogens is 329 g/mol. The maximum Gasteiger partial charge on any atom is 1.00 e. The van der Waals surface area contributed by atoms with E-state index in [0.717, 1.165) is 0 Å². The van der Waals surface area contributed by atoms with Crippen LogP contribution in [0, 0.1) is 5.41 Å². The number of quaternary nitrogens is 3. The van der Waals surface area contributed by atoms with Crippen molar-refractivity contribution in [3.8, 4) is 0 Å². The first-order chi connectivity index (χ1) is 12.0. The Morgan fingerprint density at radius 3 is 1.67 bits per heavy atom. The molecule has 0 unspecified atom stereocenters. The van der Waals surface area contributed by atoms with Gasteiger partial charge >= 0.3 is 18.9 Å². The number of nitrogens with one attached hydrogen (secondary N) is 3. The Kier molecular flexibility index (Phi) is 16.7. The fourth-order valence-electron chi connectivity index (χ4n) is 2.53. The summed E-state index contributed by atoms with van der Waals surface area (Å²) >= 11 is 0. The molecule has 1 atom stereocenters. The predicted octanol–water partition coefficient (Wildman–Crippen LogP) is -4.42. The minimum absolute atomic E-state index is 0. The number of rotatable bonds is 9. The summed E-state index contributed by atoms with van der Waals surface area (Å²) in [5.74, 6) is 0. The molecule has 3 N–H and O–H groups in total. The summed E-state index contributed by atoms with van der Waals surface area (Å²) in [4.78, 5) is 7.14. The monoisotopic (exact) mass is 376 g/mol. The molecule has 1 aliphatic rings. The summed E-state index contributed by atoms with van der Waals surface area (Å²) in [5, 5.41) is 4.33. The summed E-state index contributed by atoms with van der Waals surface area (Å²) in [6.45, 7) is 14.2. The molecule has 0 spiro atoms. The third-order valence-electron chi connectivity index (χ3n) is 4.49. The van der Waals surface area contributed by atoms with Crippen LogP contribution in [0.2, 0.25) is 0 Å². The van der Waals surface area contributed by atoms with E-state index in [0.29, 0.717) is 6.04 Å². The summed E-state index contributed by atoms with van der Waals surface area (Å²) in [7, 11) is 13.3. The number of allylic oxidation sites excluding steroid dienone is 2. The number of nitrogens with zero attached hydrogens (tertiary/aromatic N) is 2. The van der Waals surface area contributed by atoms with Crippen molar-refractivity contribution in [1.82, 2.24) is 4.90 Å². The van der Waals surface area contributed by atoms with Crippen molar-refractivity contribution in [1.29, 1.82) is 0 Å². The van der Waals surface area contributed by atoms with Crippen LogP contribution in [-0.2, 0) is 0 Å². The van der Waals surface area contributed by atoms with Crippen LogP contribution < -0.4 is 33.6 Å². The van der Waals surface area contributed by atoms with Crippen LogP contribution in [0.1, 0.15) is 20.8 Å². The van der Waals surface area contributed by atoms with Crippen molar-refractivity contribution in [3.05, 3.63) is 29.7 Å². The van der Waals surface area contributed by atoms with E-state index in [4.69, 9.17) is 0 Å². The average Bonchev–Trinajstić information content (AvgIpc) is 2.54. The molecule has 0 aliphatic carbocycles. The molecule has 0 radical (unpaired) electrons. The Morgan fingerprint density at radius 1 is 0.852 bits per heavy atom. The second-order valence-electron chi connectivity index (χ2n) is 9.40. The van der Waals surface area contributed by atoms with Crippen LogP contribution in [-0.4, -0.2) is 92.5 Å². The topological polar surface area (TPSA) is 30.7 Å². The molecule has 1 rings (SSSR count). The van der Waals surface area contributed by atoms with Crippen molar-refractivity contribution in [2.45, 2.75) is 26.8 Å². The van der Waals surface area contributed by atoms with E-state index >= 15 is 0 Å². The van der Waals surface area contributed by atoms with Gasteiger partial charge in [0.1, 0.15) is 26.2 Å². The van der Waals surface area contributed by atoms with Gasteiger partial charge in [-0.05, 0) is 19.5 Å². The first kappa shape index (κ1) is 28.9. The Morgan fingerprint density at radius 2 is 1.37 bits per heavy atom. The van der Waals surface area contributed by atoms with Crippen LogP contribution in [0.5, 0.6) is 0 Å². The minimum Gasteiger partial charge on any atom is -0.684 e. The Balaban J connectivity index is 0. The van der Waals surface area contributed by atoms with Crippen LogP contribution in [0.15, 0.2) is 24.4 Å². The van der Waals surface area contributed by atoms with Crippen molar-refractivity contribution < 1.29 is 33.6 Å². The maximum absolute atomic E-state index is 4.33. The molecule has 0 saturated carbocycles. The van der Waals surface area contributed by atoms with Crippen LogP contribution in [0.3, 0.4) is 0 Å². The molecule has 6 heteroatoms. The van der Waals surface area contributed by atoms with Gasteiger partial charge in [-0.1, -0.05) is 45.0 Å². The van der Waals surface area contributed by atoms with Gasteiger partial charge in [0, 0.05) is 6.54 Å². The number of hydrogen-bond acceptors (Lipinski definition) is 1. The van der Waals surface area contributed by atoms with Gasteiger partial charge in [-0.2, -0.15) is 6.20 Å². The number of likely N-dealkylation sites (N-methyl/N-ethyl adjacent to an activating group) is 3. The van der Waals surface area contributed by atoms with Crippen LogP contribution >= 0.6 is 0 Å². The molecule has 0 aromatic heterocycles. The first-order valence-corrected chi connectivity index (χ1v) is 10.1. The van der Waals surface area contributed by atoms with Gasteiger partial charge < -0.3 is 24.9 Å². The van der Waals surface area contributed by atoms with E-state index in [2.05, 4.69) is 85.4 Å². The summed E-state index contributed by atoms with van der Waals surface area (Å²) < 4.78 is 0. The molecular formula is C21H47LiN5+3. The molecule has 5 nitrogen and oxygen atoms in total. The molecule has 27 heavy (non-hydrogen) atoms. The van der Waals surface area contributed by atoms with E-state index < -0.39 is 0 Å². The van der Waals surface area contributed by atoms with E-state index in [1.165, 1.54) is 39.3 Å². The molecule has 0 amide bonds. The van der Waals surface area contributed by atoms with Gasteiger partial charge in [-0.3, -0.25) is 0 Å². The van der Waals surface area contributed by atoms with E-state index in [9.17, 15) is 0 Å². The van der Waals surface area contributed by atoms with Gasteiger partial charge in [0.25, 0.3) is 0 Å². The zero-order valence-electron chi connectivity index (χ0n) is 20.0. The summed E-state index contributed by atoms with van der Waals surface area (Å²) in [6.07, 6.45) is 8.03. The molecule has 1 heterocycles. The largest absolute Gasteiger partial charge is 1.00 e. The first-order valence-electron chi connectivity index (χ1n) is 10.1. The third-order valence-corrected chi connectivity index (χ3v) is 4.49. The molecule has 0 saturated heterocycles. The standard InChI is InChI=1S/C12H30N4.C9H14N.Li/c1-13(2)7-10-16(11-8-14(3)4)12-9-15(5)6;1-9(2,3)8-6-4-5-7-10-8;/h7-12H2,1-6H3;4-8H,1-3H3;/q;-1;+1/p+3/t;8-;/m.0./s1. The quantitative estimate of drug-likeness (QED) is 0.349. The van der Waals surface area contributed by atoms with E-state index in [1.807, 2.05) is 12.3 Å². The molecule has 0 bridgehead atoms. The molecule has 0 fully saturated rings. The molecule has 0 aromatic carbocycles. The van der Waals surface area contributed by atoms with Crippen molar-refractivity contribution in [2.75, 3.05) is 81.6 Å². The van der Waals surface area contributed by atoms with Gasteiger partial charge in [0.15, 0.2) is 0 Å². The van der Waals surface area contributed by atoms with Crippen molar-refractivity contribution in [2.24, 2.45) is 5.41 Å². The Hall–Kier alpha value is -0.283. The molecule has 0 aromatic rings. The van der Waals surface area contributed by atoms with Gasteiger partial charge in [0.2, 0.25) is 0 Å². The number of hydrogen-bond donors (Lipinski definition) is 3. The normalized spacial score (nSPS) is 16.4. The smallest absolute Gasteiger partial charge is 0.684 e. The zero-order valence-corrected chi connectivity index (χ0v) is 20.0. The van der Waals surface area contributed by atoms with E-state index in [1.54, 1.807) is 14.7 Å². The predicted molar refractivity (Wildman–Crippen MR) is 114 cm³/mol. The fraction of sp³-hybridized carbons (Fsp3) is 0.810. The molecule has 154 valence electrons. The summed E-state index contributed by atoms with van der Waals surface area (Å²) in [6, 6.07) is 0.359. The van der Waals surface area contributed by atoms with Gasteiger partial charge in [0.05, 0.1) is 34.7 Å². The maximum atomic E-state index is 4.33. The zero-order chi connectivity index (χ0) is 20.2. The van der Waals surface area contributed by atoms with Gasteiger partial charge in [-0.25, -0.2) is 0 Å². The Bertz CT molecular complexity index is 371. The Labute approximate surface area is 182 Å². The van der Waals surface area contributed by atoms with Gasteiger partial charge in [-0.15, -0.1) is 0 Å². The second-order valence-corrected chi connectivity index (χ2v) is 9.40. The van der Waals surface area contributed by atoms with Crippen LogP contribution in [0.25, 0.3) is 5.32 Å². The second kappa shape index (κ2) is 15.6. The SMILES string of the molecule is CC(C)(C)[C@@H]1C=CC=C[N-]1.CN(C)CC[NH+](CC[NH+](C)C)CC[NH+](C)C.[Li+]. The molecule has 1 aliphatic heterocycles. The third kappa shape index (κ3) is 17.5. The van der Waals surface area contributed by atoms with Crippen molar-refractivity contribution >= 4 is 0 Å². The fourth-order valence-corrected chi connectivity index (χ4v) is 2.53. The van der Waals surface area contributed by atoms with E-state index in [-0.39, 0.29) is 24.3 Å².